The van der Waals surface area contributed by atoms with Gasteiger partial charge < -0.3 is 19.0 Å². The van der Waals surface area contributed by atoms with Crippen LogP contribution in [0.15, 0.2) is 71.2 Å². The quantitative estimate of drug-likeness (QED) is 0.442. The van der Waals surface area contributed by atoms with Crippen LogP contribution in [0.2, 0.25) is 5.02 Å². The molecule has 0 spiro atoms. The van der Waals surface area contributed by atoms with Crippen LogP contribution in [0.4, 0.5) is 0 Å². The molecule has 0 radical (unpaired) electrons. The standard InChI is InChI=1S/C24H23ClN2O4S/c1-2-11-26(24(29)21-4-3-13-30-21)15-23(28)27-12-9-22-19(10-14-32-22)20(27)16-31-18-7-5-17(25)6-8-18/h2-8,10,13-14,20H,1,9,11-12,15-16H2/t20-/m1/s1. The highest BCUT2D eigenvalue weighted by molar-refractivity contribution is 7.10. The number of amides is 2. The maximum Gasteiger partial charge on any atom is 0.290 e. The van der Waals surface area contributed by atoms with Crippen molar-refractivity contribution >= 4 is 34.8 Å². The smallest absolute Gasteiger partial charge is 0.290 e. The number of fused-ring (bicyclic) bond motifs is 1. The van der Waals surface area contributed by atoms with Crippen LogP contribution in [0.3, 0.4) is 0 Å². The maximum atomic E-state index is 13.4. The normalized spacial score (nSPS) is 15.2. The summed E-state index contributed by atoms with van der Waals surface area (Å²) in [5.74, 6) is 0.394. The van der Waals surface area contributed by atoms with Crippen LogP contribution in [0, 0.1) is 0 Å². The van der Waals surface area contributed by atoms with Gasteiger partial charge in [0.05, 0.1) is 12.3 Å². The molecule has 0 saturated heterocycles. The molecule has 32 heavy (non-hydrogen) atoms. The fourth-order valence-electron chi connectivity index (χ4n) is 3.77. The molecule has 3 heterocycles. The van der Waals surface area contributed by atoms with Gasteiger partial charge in [-0.2, -0.15) is 0 Å². The van der Waals surface area contributed by atoms with Gasteiger partial charge in [-0.05, 0) is 59.8 Å². The van der Waals surface area contributed by atoms with E-state index in [0.717, 1.165) is 12.0 Å². The molecule has 6 nitrogen and oxygen atoms in total. The molecule has 1 aliphatic rings. The molecule has 0 N–H and O–H groups in total. The Morgan fingerprint density at radius 3 is 2.81 bits per heavy atom. The first-order valence-corrected chi connectivity index (χ1v) is 11.5. The van der Waals surface area contributed by atoms with Crippen LogP contribution >= 0.6 is 22.9 Å². The molecule has 0 unspecified atom stereocenters. The third-order valence-electron chi connectivity index (χ3n) is 5.33. The molecule has 3 aromatic rings. The third-order valence-corrected chi connectivity index (χ3v) is 6.58. The topological polar surface area (TPSA) is 63.0 Å². The molecule has 0 bridgehead atoms. The predicted octanol–water partition coefficient (Wildman–Crippen LogP) is 4.83. The van der Waals surface area contributed by atoms with Crippen molar-refractivity contribution in [2.45, 2.75) is 12.5 Å². The highest BCUT2D eigenvalue weighted by Gasteiger charge is 2.33. The second kappa shape index (κ2) is 10.1. The Balaban J connectivity index is 1.51. The number of hydrogen-bond acceptors (Lipinski definition) is 5. The monoisotopic (exact) mass is 470 g/mol. The fraction of sp³-hybridized carbons (Fsp3) is 0.250. The maximum absolute atomic E-state index is 13.4. The molecule has 1 aromatic carbocycles. The molecule has 1 atom stereocenters. The predicted molar refractivity (Wildman–Crippen MR) is 124 cm³/mol. The van der Waals surface area contributed by atoms with Crippen molar-refractivity contribution < 1.29 is 18.7 Å². The van der Waals surface area contributed by atoms with Crippen molar-refractivity contribution in [3.05, 3.63) is 88.0 Å². The molecule has 2 aromatic heterocycles. The van der Waals surface area contributed by atoms with Crippen molar-refractivity contribution in [2.24, 2.45) is 0 Å². The van der Waals surface area contributed by atoms with Gasteiger partial charge in [-0.15, -0.1) is 17.9 Å². The first kappa shape index (κ1) is 22.2. The lowest BCUT2D eigenvalue weighted by molar-refractivity contribution is -0.135. The first-order valence-electron chi connectivity index (χ1n) is 10.2. The lowest BCUT2D eigenvalue weighted by atomic mass is 10.0. The molecule has 1 aliphatic heterocycles. The van der Waals surface area contributed by atoms with Crippen molar-refractivity contribution in [1.29, 1.82) is 0 Å². The summed E-state index contributed by atoms with van der Waals surface area (Å²) >= 11 is 7.65. The van der Waals surface area contributed by atoms with Gasteiger partial charge in [0, 0.05) is 23.0 Å². The zero-order valence-electron chi connectivity index (χ0n) is 17.4. The number of ether oxygens (including phenoxy) is 1. The molecular weight excluding hydrogens is 448 g/mol. The van der Waals surface area contributed by atoms with Gasteiger partial charge in [0.2, 0.25) is 5.91 Å². The molecule has 166 valence electrons. The zero-order chi connectivity index (χ0) is 22.5. The van der Waals surface area contributed by atoms with Crippen molar-refractivity contribution in [3.8, 4) is 5.75 Å². The average molecular weight is 471 g/mol. The average Bonchev–Trinajstić information content (AvgIpc) is 3.50. The number of rotatable bonds is 8. The van der Waals surface area contributed by atoms with E-state index in [1.807, 2.05) is 11.4 Å². The SMILES string of the molecule is C=CCN(CC(=O)N1CCc2sccc2[C@H]1COc1ccc(Cl)cc1)C(=O)c1ccco1. The number of halogens is 1. The summed E-state index contributed by atoms with van der Waals surface area (Å²) < 4.78 is 11.2. The van der Waals surface area contributed by atoms with Crippen LogP contribution in [0.25, 0.3) is 0 Å². The highest BCUT2D eigenvalue weighted by Crippen LogP contribution is 2.34. The van der Waals surface area contributed by atoms with Crippen LogP contribution in [0.1, 0.15) is 27.0 Å². The van der Waals surface area contributed by atoms with Gasteiger partial charge in [0.1, 0.15) is 18.9 Å². The van der Waals surface area contributed by atoms with Crippen molar-refractivity contribution in [2.75, 3.05) is 26.2 Å². The van der Waals surface area contributed by atoms with Gasteiger partial charge in [-0.1, -0.05) is 17.7 Å². The van der Waals surface area contributed by atoms with E-state index in [1.54, 1.807) is 58.7 Å². The minimum absolute atomic E-state index is 0.0670. The minimum atomic E-state index is -0.342. The number of carbonyl (C=O) groups excluding carboxylic acids is 2. The number of thiophene rings is 1. The highest BCUT2D eigenvalue weighted by atomic mass is 35.5. The Morgan fingerprint density at radius 1 is 1.28 bits per heavy atom. The summed E-state index contributed by atoms with van der Waals surface area (Å²) in [5.41, 5.74) is 1.09. The van der Waals surface area contributed by atoms with E-state index >= 15 is 0 Å². The molecule has 0 aliphatic carbocycles. The van der Waals surface area contributed by atoms with Gasteiger partial charge in [-0.3, -0.25) is 9.59 Å². The van der Waals surface area contributed by atoms with Gasteiger partial charge in [0.15, 0.2) is 5.76 Å². The summed E-state index contributed by atoms with van der Waals surface area (Å²) in [6.45, 7) is 4.77. The van der Waals surface area contributed by atoms with Gasteiger partial charge >= 0.3 is 0 Å². The van der Waals surface area contributed by atoms with Crippen LogP contribution < -0.4 is 4.74 Å². The van der Waals surface area contributed by atoms with E-state index in [-0.39, 0.29) is 36.7 Å². The van der Waals surface area contributed by atoms with Crippen molar-refractivity contribution in [3.63, 3.8) is 0 Å². The van der Waals surface area contributed by atoms with Crippen LogP contribution in [0.5, 0.6) is 5.75 Å². The molecule has 8 heteroatoms. The third kappa shape index (κ3) is 4.89. The van der Waals surface area contributed by atoms with E-state index in [1.165, 1.54) is 16.0 Å². The van der Waals surface area contributed by atoms with Crippen LogP contribution in [-0.2, 0) is 11.2 Å². The van der Waals surface area contributed by atoms with E-state index < -0.39 is 0 Å². The zero-order valence-corrected chi connectivity index (χ0v) is 19.0. The number of hydrogen-bond donors (Lipinski definition) is 0. The van der Waals surface area contributed by atoms with E-state index in [4.69, 9.17) is 20.8 Å². The Hall–Kier alpha value is -3.03. The lowest BCUT2D eigenvalue weighted by Gasteiger charge is -2.37. The molecule has 0 saturated carbocycles. The second-order valence-corrected chi connectivity index (χ2v) is 8.81. The molecule has 4 rings (SSSR count). The minimum Gasteiger partial charge on any atom is -0.491 e. The van der Waals surface area contributed by atoms with E-state index in [0.29, 0.717) is 23.9 Å². The summed E-state index contributed by atoms with van der Waals surface area (Å²) in [6, 6.07) is 12.2. The number of carbonyl (C=O) groups is 2. The van der Waals surface area contributed by atoms with Gasteiger partial charge in [-0.25, -0.2) is 0 Å². The summed E-state index contributed by atoms with van der Waals surface area (Å²) in [7, 11) is 0. The largest absolute Gasteiger partial charge is 0.491 e. The molecular formula is C24H23ClN2O4S. The Kier molecular flexibility index (Phi) is 6.97. The number of benzene rings is 1. The molecule has 0 fully saturated rings. The Morgan fingerprint density at radius 2 is 2.09 bits per heavy atom. The lowest BCUT2D eigenvalue weighted by Crippen LogP contribution is -2.47. The fourth-order valence-corrected chi connectivity index (χ4v) is 4.82. The molecule has 2 amide bonds. The second-order valence-electron chi connectivity index (χ2n) is 7.37. The van der Waals surface area contributed by atoms with Gasteiger partial charge in [0.25, 0.3) is 5.91 Å². The van der Waals surface area contributed by atoms with E-state index in [2.05, 4.69) is 6.58 Å². The number of furan rings is 1. The Labute approximate surface area is 195 Å². The van der Waals surface area contributed by atoms with Crippen LogP contribution in [-0.4, -0.2) is 47.9 Å². The Bertz CT molecular complexity index is 1080. The van der Waals surface area contributed by atoms with E-state index in [9.17, 15) is 9.59 Å². The summed E-state index contributed by atoms with van der Waals surface area (Å²) in [6.07, 6.45) is 3.82. The number of nitrogens with zero attached hydrogens (tertiary/aromatic N) is 2. The van der Waals surface area contributed by atoms with Crippen molar-refractivity contribution in [1.82, 2.24) is 9.80 Å². The summed E-state index contributed by atoms with van der Waals surface area (Å²) in [5, 5.41) is 2.67. The first-order chi connectivity index (χ1) is 15.6. The summed E-state index contributed by atoms with van der Waals surface area (Å²) in [4.78, 5) is 30.6.